The van der Waals surface area contributed by atoms with Gasteiger partial charge in [-0.15, -0.1) is 0 Å². The molecule has 0 saturated carbocycles. The number of rotatable bonds is 4. The minimum atomic E-state index is -5.13. The van der Waals surface area contributed by atoms with Crippen LogP contribution in [0.1, 0.15) is 5.69 Å². The lowest BCUT2D eigenvalue weighted by atomic mass is 10.1. The first-order valence-electron chi connectivity index (χ1n) is 4.66. The Hall–Kier alpha value is -2.19. The lowest BCUT2D eigenvalue weighted by Gasteiger charge is -2.15. The number of carboxylic acid groups (broad SMARTS) is 1. The van der Waals surface area contributed by atoms with E-state index in [1.807, 2.05) is 0 Å². The van der Waals surface area contributed by atoms with Crippen LogP contribution in [0.25, 0.3) is 0 Å². The Balaban J connectivity index is 2.73. The molecule has 9 heteroatoms. The molecule has 6 nitrogen and oxygen atoms in total. The molecule has 1 rings (SSSR count). The van der Waals surface area contributed by atoms with E-state index in [2.05, 4.69) is 9.97 Å². The molecular weight excluding hydrogens is 255 g/mol. The zero-order valence-electron chi connectivity index (χ0n) is 8.81. The highest BCUT2D eigenvalue weighted by Gasteiger charge is 2.40. The summed E-state index contributed by atoms with van der Waals surface area (Å²) >= 11 is 0. The third-order valence-electron chi connectivity index (χ3n) is 1.89. The van der Waals surface area contributed by atoms with E-state index in [0.29, 0.717) is 0 Å². The van der Waals surface area contributed by atoms with Crippen LogP contribution in [0.5, 0.6) is 0 Å². The van der Waals surface area contributed by atoms with Crippen molar-refractivity contribution in [3.63, 3.8) is 0 Å². The predicted octanol–water partition coefficient (Wildman–Crippen LogP) is 0.151. The first-order valence-corrected chi connectivity index (χ1v) is 4.66. The minimum Gasteiger partial charge on any atom is -0.480 e. The molecule has 1 unspecified atom stereocenters. The summed E-state index contributed by atoms with van der Waals surface area (Å²) in [7, 11) is 0. The molecule has 0 radical (unpaired) electrons. The second kappa shape index (κ2) is 5.43. The average Bonchev–Trinajstić information content (AvgIpc) is 2.28. The molecule has 0 aliphatic carbocycles. The third-order valence-corrected chi connectivity index (χ3v) is 1.89. The van der Waals surface area contributed by atoms with Gasteiger partial charge in [-0.05, 0) is 0 Å². The largest absolute Gasteiger partial charge is 0.480 e. The Bertz CT molecular complexity index is 436. The van der Waals surface area contributed by atoms with Crippen LogP contribution in [0, 0.1) is 0 Å². The summed E-state index contributed by atoms with van der Waals surface area (Å²) < 4.78 is 35.9. The van der Waals surface area contributed by atoms with Gasteiger partial charge in [-0.1, -0.05) is 0 Å². The van der Waals surface area contributed by atoms with Crippen LogP contribution >= 0.6 is 0 Å². The molecule has 0 spiro atoms. The molecule has 0 saturated heterocycles. The van der Waals surface area contributed by atoms with Crippen molar-refractivity contribution in [1.82, 2.24) is 15.3 Å². The van der Waals surface area contributed by atoms with Crippen LogP contribution < -0.4 is 5.32 Å². The van der Waals surface area contributed by atoms with Crippen molar-refractivity contribution >= 4 is 11.9 Å². The molecule has 0 aromatic carbocycles. The number of carboxylic acids is 1. The maximum Gasteiger partial charge on any atom is 0.471 e. The standard InChI is InChI=1S/C9H8F3N3O3/c10-9(11,12)8(18)15-6(7(16)17)3-5-4-13-1-2-14-5/h1-2,4,6H,3H2,(H,15,18)(H,16,17). The number of hydrogen-bond acceptors (Lipinski definition) is 4. The number of hydrogen-bond donors (Lipinski definition) is 2. The van der Waals surface area contributed by atoms with Gasteiger partial charge in [0.05, 0.1) is 5.69 Å². The molecular formula is C9H8F3N3O3. The Morgan fingerprint density at radius 2 is 2.06 bits per heavy atom. The topological polar surface area (TPSA) is 92.2 Å². The first-order chi connectivity index (χ1) is 8.30. The summed E-state index contributed by atoms with van der Waals surface area (Å²) in [5.41, 5.74) is 0.160. The lowest BCUT2D eigenvalue weighted by molar-refractivity contribution is -0.175. The molecule has 18 heavy (non-hydrogen) atoms. The van der Waals surface area contributed by atoms with E-state index in [1.54, 1.807) is 0 Å². The maximum absolute atomic E-state index is 12.0. The smallest absolute Gasteiger partial charge is 0.471 e. The predicted molar refractivity (Wildman–Crippen MR) is 51.4 cm³/mol. The van der Waals surface area contributed by atoms with Gasteiger partial charge in [0.25, 0.3) is 0 Å². The molecule has 0 aliphatic rings. The number of nitrogens with one attached hydrogen (secondary N) is 1. The van der Waals surface area contributed by atoms with E-state index in [-0.39, 0.29) is 12.1 Å². The van der Waals surface area contributed by atoms with Gasteiger partial charge in [0, 0.05) is 25.0 Å². The fraction of sp³-hybridized carbons (Fsp3) is 0.333. The zero-order valence-corrected chi connectivity index (χ0v) is 8.81. The molecule has 1 amide bonds. The molecule has 0 bridgehead atoms. The molecule has 1 aromatic rings. The molecule has 0 aliphatic heterocycles. The van der Waals surface area contributed by atoms with Crippen molar-refractivity contribution in [2.45, 2.75) is 18.6 Å². The number of carbonyl (C=O) groups is 2. The highest BCUT2D eigenvalue weighted by Crippen LogP contribution is 2.14. The van der Waals surface area contributed by atoms with Crippen molar-refractivity contribution in [2.24, 2.45) is 0 Å². The van der Waals surface area contributed by atoms with Crippen molar-refractivity contribution in [2.75, 3.05) is 0 Å². The van der Waals surface area contributed by atoms with Gasteiger partial charge in [0.15, 0.2) is 0 Å². The van der Waals surface area contributed by atoms with Crippen molar-refractivity contribution in [3.8, 4) is 0 Å². The molecule has 1 aromatic heterocycles. The molecule has 2 N–H and O–H groups in total. The number of halogens is 3. The number of nitrogens with zero attached hydrogens (tertiary/aromatic N) is 2. The SMILES string of the molecule is O=C(O)C(Cc1cnccn1)NC(=O)C(F)(F)F. The number of amides is 1. The fourth-order valence-corrected chi connectivity index (χ4v) is 1.08. The lowest BCUT2D eigenvalue weighted by Crippen LogP contribution is -2.48. The van der Waals surface area contributed by atoms with E-state index in [4.69, 9.17) is 5.11 Å². The second-order valence-electron chi connectivity index (χ2n) is 3.26. The fourth-order valence-electron chi connectivity index (χ4n) is 1.08. The van der Waals surface area contributed by atoms with E-state index >= 15 is 0 Å². The molecule has 1 heterocycles. The Morgan fingerprint density at radius 1 is 1.39 bits per heavy atom. The molecule has 0 fully saturated rings. The van der Waals surface area contributed by atoms with Crippen LogP contribution in [-0.4, -0.2) is 39.2 Å². The van der Waals surface area contributed by atoms with Crippen molar-refractivity contribution in [1.29, 1.82) is 0 Å². The van der Waals surface area contributed by atoms with E-state index in [1.165, 1.54) is 23.9 Å². The van der Waals surface area contributed by atoms with E-state index in [0.717, 1.165) is 0 Å². The number of aromatic nitrogens is 2. The van der Waals surface area contributed by atoms with Gasteiger partial charge in [-0.3, -0.25) is 14.8 Å². The average molecular weight is 263 g/mol. The Morgan fingerprint density at radius 3 is 2.50 bits per heavy atom. The maximum atomic E-state index is 12.0. The normalized spacial score (nSPS) is 12.8. The summed E-state index contributed by atoms with van der Waals surface area (Å²) in [5.74, 6) is -3.89. The number of aliphatic carboxylic acids is 1. The van der Waals surface area contributed by atoms with Gasteiger partial charge in [-0.2, -0.15) is 13.2 Å². The van der Waals surface area contributed by atoms with E-state index < -0.39 is 24.1 Å². The molecule has 1 atom stereocenters. The van der Waals surface area contributed by atoms with Gasteiger partial charge in [0.1, 0.15) is 6.04 Å². The number of alkyl halides is 3. The van der Waals surface area contributed by atoms with Gasteiger partial charge >= 0.3 is 18.1 Å². The van der Waals surface area contributed by atoms with Crippen molar-refractivity contribution in [3.05, 3.63) is 24.3 Å². The van der Waals surface area contributed by atoms with Gasteiger partial charge in [0.2, 0.25) is 0 Å². The zero-order chi connectivity index (χ0) is 13.8. The van der Waals surface area contributed by atoms with Crippen LogP contribution in [0.3, 0.4) is 0 Å². The summed E-state index contributed by atoms with van der Waals surface area (Å²) in [6, 6.07) is -1.71. The quantitative estimate of drug-likeness (QED) is 0.806. The Kier molecular flexibility index (Phi) is 4.18. The third kappa shape index (κ3) is 4.00. The summed E-state index contributed by atoms with van der Waals surface area (Å²) in [6.07, 6.45) is -1.72. The second-order valence-corrected chi connectivity index (χ2v) is 3.26. The first kappa shape index (κ1) is 13.9. The monoisotopic (exact) mass is 263 g/mol. The Labute approximate surface area is 98.9 Å². The summed E-state index contributed by atoms with van der Waals surface area (Å²) in [6.45, 7) is 0. The highest BCUT2D eigenvalue weighted by atomic mass is 19.4. The van der Waals surface area contributed by atoms with Gasteiger partial charge < -0.3 is 10.4 Å². The van der Waals surface area contributed by atoms with Crippen molar-refractivity contribution < 1.29 is 27.9 Å². The van der Waals surface area contributed by atoms with Crippen LogP contribution in [0.15, 0.2) is 18.6 Å². The van der Waals surface area contributed by atoms with E-state index in [9.17, 15) is 22.8 Å². The number of carbonyl (C=O) groups excluding carboxylic acids is 1. The van der Waals surface area contributed by atoms with Crippen LogP contribution in [-0.2, 0) is 16.0 Å². The summed E-state index contributed by atoms with van der Waals surface area (Å²) in [4.78, 5) is 28.7. The molecule has 98 valence electrons. The van der Waals surface area contributed by atoms with Crippen LogP contribution in [0.4, 0.5) is 13.2 Å². The highest BCUT2D eigenvalue weighted by molar-refractivity contribution is 5.87. The van der Waals surface area contributed by atoms with Gasteiger partial charge in [-0.25, -0.2) is 4.79 Å². The minimum absolute atomic E-state index is 0.160. The summed E-state index contributed by atoms with van der Waals surface area (Å²) in [5, 5.41) is 10.1. The van der Waals surface area contributed by atoms with Crippen LogP contribution in [0.2, 0.25) is 0 Å².